The van der Waals surface area contributed by atoms with E-state index in [1.165, 1.54) is 24.3 Å². The summed E-state index contributed by atoms with van der Waals surface area (Å²) in [7, 11) is 0. The number of carbonyl (C=O) groups is 1. The normalized spacial score (nSPS) is 11.8. The van der Waals surface area contributed by atoms with E-state index in [1.807, 2.05) is 0 Å². The number of phenolic OH excluding ortho intramolecular Hbond substituents is 1. The summed E-state index contributed by atoms with van der Waals surface area (Å²) >= 11 is 0. The van der Waals surface area contributed by atoms with Crippen LogP contribution in [-0.4, -0.2) is 35.8 Å². The number of aromatic hydroxyl groups is 1. The lowest BCUT2D eigenvalue weighted by Crippen LogP contribution is -2.29. The van der Waals surface area contributed by atoms with Crippen molar-refractivity contribution in [3.8, 4) is 11.5 Å². The molecule has 7 heteroatoms. The van der Waals surface area contributed by atoms with Crippen LogP contribution in [0.15, 0.2) is 42.5 Å². The maximum atomic E-state index is 13.4. The van der Waals surface area contributed by atoms with Crippen molar-refractivity contribution < 1.29 is 24.1 Å². The maximum Gasteiger partial charge on any atom is 0.255 e. The molecule has 0 fully saturated rings. The highest BCUT2D eigenvalue weighted by Crippen LogP contribution is 2.21. The number of hydrogen-bond donors (Lipinski definition) is 4. The first kappa shape index (κ1) is 17.7. The number of hydrogen-bond acceptors (Lipinski definition) is 5. The van der Waals surface area contributed by atoms with Gasteiger partial charge in [-0.1, -0.05) is 12.1 Å². The van der Waals surface area contributed by atoms with Gasteiger partial charge in [0.1, 0.15) is 23.9 Å². The Balaban J connectivity index is 2.05. The zero-order valence-corrected chi connectivity index (χ0v) is 12.9. The average Bonchev–Trinajstić information content (AvgIpc) is 2.58. The smallest absolute Gasteiger partial charge is 0.255 e. The fourth-order valence-corrected chi connectivity index (χ4v) is 2.11. The number of aliphatic hydroxyl groups excluding tert-OH is 1. The van der Waals surface area contributed by atoms with Crippen molar-refractivity contribution in [2.75, 3.05) is 19.7 Å². The molecule has 0 aliphatic rings. The summed E-state index contributed by atoms with van der Waals surface area (Å²) in [6.45, 7) is 0.349. The molecule has 0 saturated heterocycles. The molecule has 24 heavy (non-hydrogen) atoms. The molecule has 0 aliphatic carbocycles. The van der Waals surface area contributed by atoms with Crippen molar-refractivity contribution in [3.05, 3.63) is 59.4 Å². The second kappa shape index (κ2) is 8.28. The third-order valence-electron chi connectivity index (χ3n) is 3.27. The zero-order chi connectivity index (χ0) is 17.5. The van der Waals surface area contributed by atoms with Gasteiger partial charge in [-0.2, -0.15) is 0 Å². The van der Waals surface area contributed by atoms with Gasteiger partial charge in [-0.25, -0.2) is 4.39 Å². The van der Waals surface area contributed by atoms with E-state index < -0.39 is 17.8 Å². The molecule has 0 saturated carbocycles. The van der Waals surface area contributed by atoms with E-state index in [4.69, 9.17) is 10.5 Å². The minimum atomic E-state index is -1.01. The predicted molar refractivity (Wildman–Crippen MR) is 86.3 cm³/mol. The summed E-state index contributed by atoms with van der Waals surface area (Å²) in [5.74, 6) is -0.929. The molecule has 128 valence electrons. The molecule has 5 N–H and O–H groups in total. The number of amides is 1. The van der Waals surface area contributed by atoms with E-state index in [-0.39, 0.29) is 36.8 Å². The third-order valence-corrected chi connectivity index (χ3v) is 3.27. The summed E-state index contributed by atoms with van der Waals surface area (Å²) in [5, 5.41) is 22.0. The Bertz CT molecular complexity index is 709. The summed E-state index contributed by atoms with van der Waals surface area (Å²) in [6, 6.07) is 9.67. The van der Waals surface area contributed by atoms with Gasteiger partial charge in [-0.3, -0.25) is 4.79 Å². The molecule has 0 unspecified atom stereocenters. The number of nitrogens with one attached hydrogen (secondary N) is 1. The van der Waals surface area contributed by atoms with Gasteiger partial charge in [0.05, 0.1) is 11.7 Å². The van der Waals surface area contributed by atoms with Crippen LogP contribution in [0.3, 0.4) is 0 Å². The van der Waals surface area contributed by atoms with Gasteiger partial charge in [-0.05, 0) is 35.9 Å². The van der Waals surface area contributed by atoms with Crippen LogP contribution in [0.5, 0.6) is 11.5 Å². The standard InChI is InChI=1S/C17H19FN2O4/c18-12-4-5-16(24-7-6-19)14(9-12)17(23)20-10-15(22)11-2-1-3-13(21)8-11/h1-5,8-9,15,21-22H,6-7,10,19H2,(H,20,23)/t15-/m1/s1. The van der Waals surface area contributed by atoms with Gasteiger partial charge in [-0.15, -0.1) is 0 Å². The van der Waals surface area contributed by atoms with E-state index in [0.717, 1.165) is 6.07 Å². The van der Waals surface area contributed by atoms with Gasteiger partial charge in [0.2, 0.25) is 0 Å². The van der Waals surface area contributed by atoms with E-state index in [0.29, 0.717) is 5.56 Å². The van der Waals surface area contributed by atoms with E-state index >= 15 is 0 Å². The van der Waals surface area contributed by atoms with Crippen LogP contribution in [0.4, 0.5) is 4.39 Å². The molecule has 6 nitrogen and oxygen atoms in total. The van der Waals surface area contributed by atoms with Crippen LogP contribution < -0.4 is 15.8 Å². The van der Waals surface area contributed by atoms with Gasteiger partial charge >= 0.3 is 0 Å². The molecule has 2 aromatic carbocycles. The second-order valence-corrected chi connectivity index (χ2v) is 5.10. The first-order chi connectivity index (χ1) is 11.5. The lowest BCUT2D eigenvalue weighted by molar-refractivity contribution is 0.0912. The number of nitrogens with two attached hydrogens (primary N) is 1. The van der Waals surface area contributed by atoms with Crippen LogP contribution in [0.2, 0.25) is 0 Å². The maximum absolute atomic E-state index is 13.4. The number of phenols is 1. The van der Waals surface area contributed by atoms with Crippen molar-refractivity contribution in [2.24, 2.45) is 5.73 Å². The number of rotatable bonds is 7. The number of aliphatic hydroxyl groups is 1. The lowest BCUT2D eigenvalue weighted by atomic mass is 10.1. The number of ether oxygens (including phenoxy) is 1. The van der Waals surface area contributed by atoms with Gasteiger partial charge in [0.25, 0.3) is 5.91 Å². The number of halogens is 1. The second-order valence-electron chi connectivity index (χ2n) is 5.10. The Labute approximate surface area is 138 Å². The van der Waals surface area contributed by atoms with Crippen LogP contribution >= 0.6 is 0 Å². The molecular formula is C17H19FN2O4. The summed E-state index contributed by atoms with van der Waals surface area (Å²) in [4.78, 5) is 12.2. The van der Waals surface area contributed by atoms with Crippen molar-refractivity contribution in [1.29, 1.82) is 0 Å². The first-order valence-corrected chi connectivity index (χ1v) is 7.39. The van der Waals surface area contributed by atoms with E-state index in [2.05, 4.69) is 5.32 Å². The van der Waals surface area contributed by atoms with Gasteiger partial charge < -0.3 is 26.0 Å². The van der Waals surface area contributed by atoms with Crippen LogP contribution in [0.1, 0.15) is 22.0 Å². The van der Waals surface area contributed by atoms with Crippen molar-refractivity contribution in [2.45, 2.75) is 6.10 Å². The van der Waals surface area contributed by atoms with E-state index in [9.17, 15) is 19.4 Å². The largest absolute Gasteiger partial charge is 0.508 e. The SMILES string of the molecule is NCCOc1ccc(F)cc1C(=O)NC[C@@H](O)c1cccc(O)c1. The summed E-state index contributed by atoms with van der Waals surface area (Å²) in [5.41, 5.74) is 5.83. The fraction of sp³-hybridized carbons (Fsp3) is 0.235. The molecule has 1 atom stereocenters. The minimum absolute atomic E-state index is 0.0143. The summed E-state index contributed by atoms with van der Waals surface area (Å²) < 4.78 is 18.7. The summed E-state index contributed by atoms with van der Waals surface area (Å²) in [6.07, 6.45) is -1.01. The van der Waals surface area contributed by atoms with Crippen LogP contribution in [-0.2, 0) is 0 Å². The molecule has 0 aliphatic heterocycles. The highest BCUT2D eigenvalue weighted by atomic mass is 19.1. The molecule has 0 bridgehead atoms. The number of carbonyl (C=O) groups excluding carboxylic acids is 1. The molecule has 0 heterocycles. The highest BCUT2D eigenvalue weighted by molar-refractivity contribution is 5.96. The molecule has 1 amide bonds. The molecule has 0 spiro atoms. The average molecular weight is 334 g/mol. The van der Waals surface area contributed by atoms with Crippen LogP contribution in [0.25, 0.3) is 0 Å². The molecule has 0 aromatic heterocycles. The Kier molecular flexibility index (Phi) is 6.11. The van der Waals surface area contributed by atoms with Crippen LogP contribution in [0, 0.1) is 5.82 Å². The molecule has 2 rings (SSSR count). The Morgan fingerprint density at radius 2 is 2.08 bits per heavy atom. The monoisotopic (exact) mass is 334 g/mol. The quantitative estimate of drug-likeness (QED) is 0.611. The topological polar surface area (TPSA) is 105 Å². The predicted octanol–water partition coefficient (Wildman–Crippen LogP) is 1.33. The number of benzene rings is 2. The fourth-order valence-electron chi connectivity index (χ4n) is 2.11. The molecular weight excluding hydrogens is 315 g/mol. The Morgan fingerprint density at radius 1 is 1.29 bits per heavy atom. The first-order valence-electron chi connectivity index (χ1n) is 7.39. The zero-order valence-electron chi connectivity index (χ0n) is 12.9. The minimum Gasteiger partial charge on any atom is -0.508 e. The lowest BCUT2D eigenvalue weighted by Gasteiger charge is -2.14. The third kappa shape index (κ3) is 4.68. The van der Waals surface area contributed by atoms with Crippen molar-refractivity contribution >= 4 is 5.91 Å². The van der Waals surface area contributed by atoms with Crippen molar-refractivity contribution in [1.82, 2.24) is 5.32 Å². The molecule has 2 aromatic rings. The Hall–Kier alpha value is -2.64. The van der Waals surface area contributed by atoms with Crippen molar-refractivity contribution in [3.63, 3.8) is 0 Å². The van der Waals surface area contributed by atoms with E-state index in [1.54, 1.807) is 12.1 Å². The van der Waals surface area contributed by atoms with Gasteiger partial charge in [0.15, 0.2) is 0 Å². The Morgan fingerprint density at radius 3 is 2.79 bits per heavy atom. The molecule has 0 radical (unpaired) electrons. The highest BCUT2D eigenvalue weighted by Gasteiger charge is 2.16. The van der Waals surface area contributed by atoms with Gasteiger partial charge in [0, 0.05) is 13.1 Å².